The van der Waals surface area contributed by atoms with E-state index in [0.29, 0.717) is 34.1 Å². The fourth-order valence-electron chi connectivity index (χ4n) is 3.12. The fraction of sp³-hybridized carbons (Fsp3) is 0.429. The topological polar surface area (TPSA) is 74.2 Å². The number of nitrogens with zero attached hydrogens (tertiary/aromatic N) is 2. The normalized spacial score (nSPS) is 28.1. The number of ether oxygens (including phenoxy) is 1. The number of nitrogen functional groups attached to an aromatic ring is 1. The summed E-state index contributed by atoms with van der Waals surface area (Å²) in [6, 6.07) is 5.22. The first-order valence-electron chi connectivity index (χ1n) is 6.75. The summed E-state index contributed by atoms with van der Waals surface area (Å²) in [6.07, 6.45) is 3.81. The second-order valence-electron chi connectivity index (χ2n) is 5.41. The molecule has 3 heterocycles. The lowest BCUT2D eigenvalue weighted by Gasteiger charge is -2.13. The Morgan fingerprint density at radius 2 is 2.20 bits per heavy atom. The number of aromatic nitrogens is 2. The molecule has 1 aromatic carbocycles. The van der Waals surface area contributed by atoms with Crippen molar-refractivity contribution < 1.29 is 9.26 Å². The molecule has 2 saturated heterocycles. The van der Waals surface area contributed by atoms with Crippen LogP contribution in [0.15, 0.2) is 22.7 Å². The van der Waals surface area contributed by atoms with Gasteiger partial charge < -0.3 is 15.0 Å². The van der Waals surface area contributed by atoms with Gasteiger partial charge in [0.05, 0.1) is 23.7 Å². The minimum absolute atomic E-state index is 0.238. The van der Waals surface area contributed by atoms with Crippen LogP contribution in [0.4, 0.5) is 5.69 Å². The van der Waals surface area contributed by atoms with E-state index in [1.165, 1.54) is 0 Å². The van der Waals surface area contributed by atoms with Gasteiger partial charge in [0.1, 0.15) is 0 Å². The molecule has 2 aliphatic heterocycles. The van der Waals surface area contributed by atoms with Crippen molar-refractivity contribution in [1.82, 2.24) is 10.1 Å². The average Bonchev–Trinajstić information content (AvgIpc) is 3.15. The largest absolute Gasteiger partial charge is 0.398 e. The molecule has 3 unspecified atom stereocenters. The number of benzene rings is 1. The third-order valence-corrected chi connectivity index (χ3v) is 4.36. The second-order valence-corrected chi connectivity index (χ2v) is 5.84. The third-order valence-electron chi connectivity index (χ3n) is 4.13. The SMILES string of the molecule is Nc1ccc(Cl)cc1-c1nc(C2CC3CCC2O3)no1. The van der Waals surface area contributed by atoms with Crippen LogP contribution >= 0.6 is 11.6 Å². The highest BCUT2D eigenvalue weighted by Gasteiger charge is 2.43. The number of hydrogen-bond acceptors (Lipinski definition) is 5. The lowest BCUT2D eigenvalue weighted by molar-refractivity contribution is 0.0996. The van der Waals surface area contributed by atoms with Crippen molar-refractivity contribution in [2.45, 2.75) is 37.4 Å². The van der Waals surface area contributed by atoms with Crippen LogP contribution in [0.1, 0.15) is 31.0 Å². The van der Waals surface area contributed by atoms with E-state index in [2.05, 4.69) is 10.1 Å². The van der Waals surface area contributed by atoms with E-state index >= 15 is 0 Å². The van der Waals surface area contributed by atoms with Gasteiger partial charge in [-0.15, -0.1) is 0 Å². The van der Waals surface area contributed by atoms with Crippen LogP contribution in [0.25, 0.3) is 11.5 Å². The number of anilines is 1. The molecule has 3 atom stereocenters. The molecular formula is C14H14ClN3O2. The van der Waals surface area contributed by atoms with E-state index in [4.69, 9.17) is 26.6 Å². The highest BCUT2D eigenvalue weighted by atomic mass is 35.5. The van der Waals surface area contributed by atoms with Crippen LogP contribution in [0.5, 0.6) is 0 Å². The van der Waals surface area contributed by atoms with Gasteiger partial charge in [0, 0.05) is 10.7 Å². The van der Waals surface area contributed by atoms with E-state index in [9.17, 15) is 0 Å². The zero-order valence-electron chi connectivity index (χ0n) is 10.8. The summed E-state index contributed by atoms with van der Waals surface area (Å²) in [4.78, 5) is 4.49. The van der Waals surface area contributed by atoms with E-state index in [0.717, 1.165) is 19.3 Å². The first-order valence-corrected chi connectivity index (χ1v) is 7.13. The lowest BCUT2D eigenvalue weighted by Crippen LogP contribution is -2.15. The Hall–Kier alpha value is -1.59. The first-order chi connectivity index (χ1) is 9.70. The Morgan fingerprint density at radius 3 is 2.95 bits per heavy atom. The zero-order valence-corrected chi connectivity index (χ0v) is 11.5. The van der Waals surface area contributed by atoms with Crippen molar-refractivity contribution in [3.8, 4) is 11.5 Å². The van der Waals surface area contributed by atoms with Gasteiger partial charge in [-0.1, -0.05) is 16.8 Å². The van der Waals surface area contributed by atoms with Gasteiger partial charge in [-0.3, -0.25) is 0 Å². The first kappa shape index (κ1) is 12.2. The molecule has 2 bridgehead atoms. The molecule has 104 valence electrons. The van der Waals surface area contributed by atoms with E-state index in [1.54, 1.807) is 18.2 Å². The zero-order chi connectivity index (χ0) is 13.7. The van der Waals surface area contributed by atoms with Crippen molar-refractivity contribution >= 4 is 17.3 Å². The molecule has 0 amide bonds. The van der Waals surface area contributed by atoms with Crippen LogP contribution < -0.4 is 5.73 Å². The van der Waals surface area contributed by atoms with Crippen LogP contribution in [0.2, 0.25) is 5.02 Å². The van der Waals surface area contributed by atoms with Crippen molar-refractivity contribution in [2.75, 3.05) is 5.73 Å². The highest BCUT2D eigenvalue weighted by molar-refractivity contribution is 6.31. The molecule has 2 N–H and O–H groups in total. The molecule has 0 saturated carbocycles. The molecule has 0 radical (unpaired) electrons. The Morgan fingerprint density at radius 1 is 1.30 bits per heavy atom. The number of nitrogens with two attached hydrogens (primary N) is 1. The Bertz CT molecular complexity index is 658. The van der Waals surface area contributed by atoms with Crippen LogP contribution in [-0.4, -0.2) is 22.3 Å². The summed E-state index contributed by atoms with van der Waals surface area (Å²) < 4.78 is 11.2. The minimum atomic E-state index is 0.238. The van der Waals surface area contributed by atoms with Gasteiger partial charge >= 0.3 is 0 Å². The van der Waals surface area contributed by atoms with Crippen LogP contribution in [-0.2, 0) is 4.74 Å². The molecule has 2 aromatic rings. The van der Waals surface area contributed by atoms with Crippen LogP contribution in [0, 0.1) is 0 Å². The van der Waals surface area contributed by atoms with Gasteiger partial charge in [0.15, 0.2) is 5.82 Å². The third kappa shape index (κ3) is 1.89. The Kier molecular flexibility index (Phi) is 2.72. The average molecular weight is 292 g/mol. The fourth-order valence-corrected chi connectivity index (χ4v) is 3.29. The summed E-state index contributed by atoms with van der Waals surface area (Å²) >= 11 is 5.99. The van der Waals surface area contributed by atoms with Gasteiger partial charge in [0.25, 0.3) is 5.89 Å². The summed E-state index contributed by atoms with van der Waals surface area (Å²) in [7, 11) is 0. The number of hydrogen-bond donors (Lipinski definition) is 1. The minimum Gasteiger partial charge on any atom is -0.398 e. The van der Waals surface area contributed by atoms with Crippen molar-refractivity contribution in [2.24, 2.45) is 0 Å². The Balaban J connectivity index is 1.66. The number of rotatable bonds is 2. The van der Waals surface area contributed by atoms with E-state index in [-0.39, 0.29) is 12.0 Å². The van der Waals surface area contributed by atoms with Crippen molar-refractivity contribution in [1.29, 1.82) is 0 Å². The maximum atomic E-state index is 5.99. The highest BCUT2D eigenvalue weighted by Crippen LogP contribution is 2.44. The predicted molar refractivity (Wildman–Crippen MR) is 74.4 cm³/mol. The smallest absolute Gasteiger partial charge is 0.260 e. The monoisotopic (exact) mass is 291 g/mol. The molecular weight excluding hydrogens is 278 g/mol. The van der Waals surface area contributed by atoms with Crippen molar-refractivity contribution in [3.05, 3.63) is 29.0 Å². The molecule has 0 spiro atoms. The summed E-state index contributed by atoms with van der Waals surface area (Å²) in [5, 5.41) is 4.69. The van der Waals surface area contributed by atoms with E-state index in [1.807, 2.05) is 0 Å². The van der Waals surface area contributed by atoms with E-state index < -0.39 is 0 Å². The van der Waals surface area contributed by atoms with Gasteiger partial charge in [-0.2, -0.15) is 4.98 Å². The quantitative estimate of drug-likeness (QED) is 0.861. The molecule has 2 aliphatic rings. The standard InChI is InChI=1S/C14H14ClN3O2/c15-7-1-3-11(16)9(5-7)14-17-13(18-20-14)10-6-8-2-4-12(10)19-8/h1,3,5,8,10,12H,2,4,6,16H2. The molecule has 4 rings (SSSR count). The Labute approximate surface area is 121 Å². The van der Waals surface area contributed by atoms with Gasteiger partial charge in [0.2, 0.25) is 0 Å². The molecule has 20 heavy (non-hydrogen) atoms. The van der Waals surface area contributed by atoms with Gasteiger partial charge in [-0.25, -0.2) is 0 Å². The maximum absolute atomic E-state index is 5.99. The molecule has 0 aliphatic carbocycles. The summed E-state index contributed by atoms with van der Waals surface area (Å²) in [6.45, 7) is 0. The predicted octanol–water partition coefficient (Wildman–Crippen LogP) is 3.01. The van der Waals surface area contributed by atoms with Gasteiger partial charge in [-0.05, 0) is 37.5 Å². The van der Waals surface area contributed by atoms with Crippen LogP contribution in [0.3, 0.4) is 0 Å². The molecule has 5 nitrogen and oxygen atoms in total. The lowest BCUT2D eigenvalue weighted by atomic mass is 9.89. The maximum Gasteiger partial charge on any atom is 0.260 e. The molecule has 1 aromatic heterocycles. The molecule has 2 fully saturated rings. The number of halogens is 1. The summed E-state index contributed by atoms with van der Waals surface area (Å²) in [5.74, 6) is 1.38. The summed E-state index contributed by atoms with van der Waals surface area (Å²) in [5.41, 5.74) is 7.19. The molecule has 6 heteroatoms. The second kappa shape index (κ2) is 4.46. The number of fused-ring (bicyclic) bond motifs is 2. The van der Waals surface area contributed by atoms with Crippen molar-refractivity contribution in [3.63, 3.8) is 0 Å².